The van der Waals surface area contributed by atoms with Crippen molar-refractivity contribution in [3.8, 4) is 11.3 Å². The van der Waals surface area contributed by atoms with Crippen molar-refractivity contribution in [1.82, 2.24) is 14.5 Å². The van der Waals surface area contributed by atoms with Gasteiger partial charge >= 0.3 is 0 Å². The molecule has 4 heteroatoms. The molecule has 0 aliphatic carbocycles. The summed E-state index contributed by atoms with van der Waals surface area (Å²) in [5, 5.41) is 3.74. The number of halogens is 1. The van der Waals surface area contributed by atoms with Crippen LogP contribution in [0.15, 0.2) is 36.8 Å². The summed E-state index contributed by atoms with van der Waals surface area (Å²) in [7, 11) is 2.05. The van der Waals surface area contributed by atoms with Gasteiger partial charge in [0.15, 0.2) is 0 Å². The van der Waals surface area contributed by atoms with Crippen molar-refractivity contribution in [2.45, 2.75) is 11.4 Å². The average molecular weight is 387 g/mol. The molecule has 21 heavy (non-hydrogen) atoms. The summed E-state index contributed by atoms with van der Waals surface area (Å²) in [4.78, 5) is 9.35. The first kappa shape index (κ1) is 13.0. The number of pyridine rings is 2. The third-order valence-electron chi connectivity index (χ3n) is 4.10. The molecule has 2 aliphatic heterocycles. The van der Waals surface area contributed by atoms with Crippen LogP contribution in [0.4, 0.5) is 0 Å². The van der Waals surface area contributed by atoms with E-state index in [4.69, 9.17) is 4.98 Å². The van der Waals surface area contributed by atoms with Gasteiger partial charge in [0.1, 0.15) is 0 Å². The van der Waals surface area contributed by atoms with E-state index in [0.717, 1.165) is 21.3 Å². The van der Waals surface area contributed by atoms with E-state index in [9.17, 15) is 0 Å². The van der Waals surface area contributed by atoms with Crippen LogP contribution < -0.4 is 0 Å². The summed E-state index contributed by atoms with van der Waals surface area (Å²) < 4.78 is 2.99. The molecule has 104 valence electrons. The summed E-state index contributed by atoms with van der Waals surface area (Å²) in [6, 6.07) is 6.43. The van der Waals surface area contributed by atoms with E-state index < -0.39 is 0 Å². The molecule has 0 fully saturated rings. The molecule has 2 aliphatic rings. The van der Waals surface area contributed by atoms with E-state index in [-0.39, 0.29) is 0 Å². The van der Waals surface area contributed by atoms with Gasteiger partial charge in [-0.3, -0.25) is 4.98 Å². The zero-order valence-corrected chi connectivity index (χ0v) is 14.0. The molecule has 3 heterocycles. The molecule has 4 rings (SSSR count). The zero-order chi connectivity index (χ0) is 14.6. The Labute approximate surface area is 136 Å². The number of hydrogen-bond acceptors (Lipinski definition) is 2. The van der Waals surface area contributed by atoms with Gasteiger partial charge in [0, 0.05) is 46.4 Å². The fourth-order valence-corrected chi connectivity index (χ4v) is 3.63. The van der Waals surface area contributed by atoms with Crippen molar-refractivity contribution in [2.24, 2.45) is 7.05 Å². The molecule has 1 aromatic carbocycles. The molecule has 0 unspecified atom stereocenters. The third kappa shape index (κ3) is 1.85. The normalized spacial score (nSPS) is 11.8. The maximum absolute atomic E-state index is 4.83. The van der Waals surface area contributed by atoms with Crippen LogP contribution in [0.1, 0.15) is 11.3 Å². The second-order valence-electron chi connectivity index (χ2n) is 5.41. The Bertz CT molecular complexity index is 955. The molecule has 0 radical (unpaired) electrons. The first-order chi connectivity index (χ1) is 10.2. The highest BCUT2D eigenvalue weighted by Crippen LogP contribution is 2.36. The molecular formula is C17H14IN3. The van der Waals surface area contributed by atoms with Crippen LogP contribution in [0.3, 0.4) is 0 Å². The molecule has 0 saturated heterocycles. The van der Waals surface area contributed by atoms with Gasteiger partial charge in [-0.15, -0.1) is 0 Å². The predicted molar refractivity (Wildman–Crippen MR) is 95.1 cm³/mol. The monoisotopic (exact) mass is 387 g/mol. The number of aryl methyl sites for hydroxylation is 2. The van der Waals surface area contributed by atoms with Crippen LogP contribution >= 0.6 is 22.6 Å². The van der Waals surface area contributed by atoms with Crippen molar-refractivity contribution in [3.63, 3.8) is 0 Å². The van der Waals surface area contributed by atoms with Gasteiger partial charge in [-0.25, -0.2) is 4.98 Å². The first-order valence-corrected chi connectivity index (χ1v) is 8.40. The van der Waals surface area contributed by atoms with Gasteiger partial charge in [-0.2, -0.15) is 0 Å². The maximum Gasteiger partial charge on any atom is 0.0752 e. The Morgan fingerprint density at radius 3 is 2.86 bits per heavy atom. The summed E-state index contributed by atoms with van der Waals surface area (Å²) in [5.41, 5.74) is 5.77. The van der Waals surface area contributed by atoms with E-state index in [1.54, 1.807) is 0 Å². The summed E-state index contributed by atoms with van der Waals surface area (Å²) >= 11 is 2.38. The Morgan fingerprint density at radius 2 is 2.05 bits per heavy atom. The smallest absolute Gasteiger partial charge is 0.0752 e. The minimum absolute atomic E-state index is 0.917. The molecule has 0 saturated carbocycles. The molecular weight excluding hydrogens is 373 g/mol. The van der Waals surface area contributed by atoms with Crippen LogP contribution in [-0.4, -0.2) is 14.5 Å². The predicted octanol–water partition coefficient (Wildman–Crippen LogP) is 4.47. The number of alkyl halides is 1. The van der Waals surface area contributed by atoms with Crippen LogP contribution in [0.25, 0.3) is 32.9 Å². The van der Waals surface area contributed by atoms with Crippen molar-refractivity contribution >= 4 is 44.3 Å². The Morgan fingerprint density at radius 1 is 1.19 bits per heavy atom. The van der Waals surface area contributed by atoms with Gasteiger partial charge < -0.3 is 4.57 Å². The Kier molecular flexibility index (Phi) is 2.89. The van der Waals surface area contributed by atoms with Crippen molar-refractivity contribution in [2.75, 3.05) is 0 Å². The molecule has 3 nitrogen and oxygen atoms in total. The van der Waals surface area contributed by atoms with Gasteiger partial charge in [0.2, 0.25) is 0 Å². The van der Waals surface area contributed by atoms with Crippen LogP contribution in [-0.2, 0) is 11.5 Å². The highest BCUT2D eigenvalue weighted by Gasteiger charge is 2.16. The lowest BCUT2D eigenvalue weighted by Gasteiger charge is -2.07. The molecule has 0 amide bonds. The summed E-state index contributed by atoms with van der Waals surface area (Å²) in [5.74, 6) is 0. The zero-order valence-electron chi connectivity index (χ0n) is 11.9. The number of rotatable bonds is 1. The largest absolute Gasteiger partial charge is 0.356 e. The lowest BCUT2D eigenvalue weighted by molar-refractivity contribution is 0.905. The number of aromatic nitrogens is 3. The molecule has 0 bridgehead atoms. The highest BCUT2D eigenvalue weighted by atomic mass is 127. The van der Waals surface area contributed by atoms with Gasteiger partial charge in [-0.1, -0.05) is 22.6 Å². The lowest BCUT2D eigenvalue weighted by atomic mass is 10.00. The van der Waals surface area contributed by atoms with Crippen LogP contribution in [0, 0.1) is 6.92 Å². The van der Waals surface area contributed by atoms with Gasteiger partial charge in [0.05, 0.1) is 16.9 Å². The number of fused-ring (bicyclic) bond motifs is 4. The van der Waals surface area contributed by atoms with Crippen molar-refractivity contribution in [1.29, 1.82) is 0 Å². The minimum Gasteiger partial charge on any atom is -0.356 e. The molecule has 1 aromatic heterocycles. The quantitative estimate of drug-likeness (QED) is 0.357. The SMILES string of the molecule is Cc1c2ccnc(CI)c2cc2c3cn(C)ccc-3nc12. The number of nitrogens with zero attached hydrogens (tertiary/aromatic N) is 3. The fraction of sp³-hybridized carbons (Fsp3) is 0.176. The third-order valence-corrected chi connectivity index (χ3v) is 4.82. The van der Waals surface area contributed by atoms with E-state index in [1.807, 2.05) is 19.4 Å². The van der Waals surface area contributed by atoms with E-state index in [2.05, 4.69) is 63.5 Å². The first-order valence-electron chi connectivity index (χ1n) is 6.87. The second-order valence-corrected chi connectivity index (χ2v) is 6.17. The van der Waals surface area contributed by atoms with Gasteiger partial charge in [-0.05, 0) is 36.1 Å². The standard InChI is InChI=1S/C17H14IN3/c1-10-11-3-5-19-16(8-18)12(11)7-13-14-9-21(2)6-4-15(14)20-17(10)13/h3-7,9H,8H2,1-2H3. The minimum atomic E-state index is 0.917. The van der Waals surface area contributed by atoms with Gasteiger partial charge in [0.25, 0.3) is 0 Å². The summed E-state index contributed by atoms with van der Waals surface area (Å²) in [6.07, 6.45) is 6.09. The Balaban J connectivity index is 2.24. The number of hydrogen-bond donors (Lipinski definition) is 0. The lowest BCUT2D eigenvalue weighted by Crippen LogP contribution is -1.91. The molecule has 2 aromatic rings. The molecule has 0 spiro atoms. The van der Waals surface area contributed by atoms with Crippen molar-refractivity contribution < 1.29 is 0 Å². The van der Waals surface area contributed by atoms with E-state index in [0.29, 0.717) is 0 Å². The fourth-order valence-electron chi connectivity index (χ4n) is 3.02. The Hall–Kier alpha value is -1.69. The van der Waals surface area contributed by atoms with Crippen LogP contribution in [0.5, 0.6) is 0 Å². The molecule has 0 atom stereocenters. The summed E-state index contributed by atoms with van der Waals surface area (Å²) in [6.45, 7) is 2.16. The van der Waals surface area contributed by atoms with E-state index in [1.165, 1.54) is 27.3 Å². The maximum atomic E-state index is 4.83. The van der Waals surface area contributed by atoms with Crippen LogP contribution in [0.2, 0.25) is 0 Å². The highest BCUT2D eigenvalue weighted by molar-refractivity contribution is 14.1. The van der Waals surface area contributed by atoms with Crippen molar-refractivity contribution in [3.05, 3.63) is 48.0 Å². The average Bonchev–Trinajstić information content (AvgIpc) is 2.85. The second kappa shape index (κ2) is 4.66. The molecule has 0 N–H and O–H groups in total. The number of benzene rings is 1. The topological polar surface area (TPSA) is 30.7 Å². The van der Waals surface area contributed by atoms with E-state index >= 15 is 0 Å².